The van der Waals surface area contributed by atoms with Gasteiger partial charge in [-0.15, -0.1) is 0 Å². The minimum atomic E-state index is 0.263. The predicted molar refractivity (Wildman–Crippen MR) is 60.0 cm³/mol. The molecule has 2 saturated heterocycles. The molecule has 2 atom stereocenters. The Hall–Kier alpha value is -0.120. The maximum atomic E-state index is 6.03. The Morgan fingerprint density at radius 3 is 2.80 bits per heavy atom. The fourth-order valence-electron chi connectivity index (χ4n) is 3.01. The zero-order valence-electron chi connectivity index (χ0n) is 10.2. The molecule has 0 aromatic carbocycles. The predicted octanol–water partition coefficient (Wildman–Crippen LogP) is 1.66. The van der Waals surface area contributed by atoms with Gasteiger partial charge < -0.3 is 9.47 Å². The van der Waals surface area contributed by atoms with Crippen LogP contribution in [0.2, 0.25) is 0 Å². The Balaban J connectivity index is 2.11. The number of nitrogens with zero attached hydrogens (tertiary/aromatic N) is 1. The molecule has 0 amide bonds. The van der Waals surface area contributed by atoms with E-state index in [-0.39, 0.29) is 11.6 Å². The smallest absolute Gasteiger partial charge is 0.0995 e. The molecule has 0 radical (unpaired) electrons. The van der Waals surface area contributed by atoms with Gasteiger partial charge in [0.25, 0.3) is 0 Å². The van der Waals surface area contributed by atoms with Crippen LogP contribution in [0.4, 0.5) is 0 Å². The highest BCUT2D eigenvalue weighted by molar-refractivity contribution is 5.02. The molecule has 2 aliphatic heterocycles. The van der Waals surface area contributed by atoms with Gasteiger partial charge in [-0.1, -0.05) is 0 Å². The average Bonchev–Trinajstić information content (AvgIpc) is 2.53. The van der Waals surface area contributed by atoms with Crippen LogP contribution in [0.5, 0.6) is 0 Å². The Kier molecular flexibility index (Phi) is 3.33. The van der Waals surface area contributed by atoms with E-state index in [9.17, 15) is 0 Å². The molecule has 0 aromatic heterocycles. The van der Waals surface area contributed by atoms with Gasteiger partial charge in [0, 0.05) is 6.61 Å². The second-order valence-corrected chi connectivity index (χ2v) is 5.13. The summed E-state index contributed by atoms with van der Waals surface area (Å²) >= 11 is 0. The van der Waals surface area contributed by atoms with Crippen LogP contribution in [0, 0.1) is 0 Å². The molecule has 0 saturated carbocycles. The van der Waals surface area contributed by atoms with Crippen molar-refractivity contribution in [3.05, 3.63) is 0 Å². The molecule has 3 heteroatoms. The first-order valence-electron chi connectivity index (χ1n) is 6.09. The molecule has 2 heterocycles. The van der Waals surface area contributed by atoms with Gasteiger partial charge in [-0.25, -0.2) is 0 Å². The molecule has 2 unspecified atom stereocenters. The summed E-state index contributed by atoms with van der Waals surface area (Å²) in [7, 11) is 2.23. The zero-order valence-corrected chi connectivity index (χ0v) is 10.2. The van der Waals surface area contributed by atoms with Gasteiger partial charge in [0.15, 0.2) is 0 Å². The highest BCUT2D eigenvalue weighted by atomic mass is 16.5. The van der Waals surface area contributed by atoms with Crippen molar-refractivity contribution < 1.29 is 9.47 Å². The van der Waals surface area contributed by atoms with Crippen LogP contribution in [0.1, 0.15) is 33.1 Å². The quantitative estimate of drug-likeness (QED) is 0.696. The summed E-state index contributed by atoms with van der Waals surface area (Å²) in [5.41, 5.74) is 0.266. The molecule has 2 rings (SSSR count). The van der Waals surface area contributed by atoms with Crippen LogP contribution in [-0.4, -0.2) is 49.5 Å². The summed E-state index contributed by atoms with van der Waals surface area (Å²) in [6, 6.07) is 0. The molecular formula is C12H23NO2. The van der Waals surface area contributed by atoms with Crippen LogP contribution in [0.25, 0.3) is 0 Å². The number of hydrogen-bond acceptors (Lipinski definition) is 3. The summed E-state index contributed by atoms with van der Waals surface area (Å²) in [5, 5.41) is 0. The van der Waals surface area contributed by atoms with Gasteiger partial charge in [0.05, 0.1) is 24.4 Å². The van der Waals surface area contributed by atoms with E-state index >= 15 is 0 Å². The molecule has 1 spiro atoms. The first-order valence-corrected chi connectivity index (χ1v) is 6.09. The molecule has 3 nitrogen and oxygen atoms in total. The Morgan fingerprint density at radius 2 is 2.20 bits per heavy atom. The summed E-state index contributed by atoms with van der Waals surface area (Å²) < 4.78 is 11.6. The fraction of sp³-hybridized carbons (Fsp3) is 1.00. The van der Waals surface area contributed by atoms with E-state index in [4.69, 9.17) is 9.47 Å². The van der Waals surface area contributed by atoms with Crippen molar-refractivity contribution in [2.45, 2.75) is 50.9 Å². The number of hydrogen-bond donors (Lipinski definition) is 0. The summed E-state index contributed by atoms with van der Waals surface area (Å²) in [5.74, 6) is 0. The van der Waals surface area contributed by atoms with Crippen LogP contribution in [-0.2, 0) is 9.47 Å². The SMILES string of the molecule is CC(C)OC1COCCC12CCCN2C. The van der Waals surface area contributed by atoms with Gasteiger partial charge in [-0.3, -0.25) is 4.90 Å². The lowest BCUT2D eigenvalue weighted by Crippen LogP contribution is -2.58. The highest BCUT2D eigenvalue weighted by Gasteiger charge is 2.48. The molecule has 15 heavy (non-hydrogen) atoms. The Bertz CT molecular complexity index is 220. The van der Waals surface area contributed by atoms with Crippen molar-refractivity contribution in [2.24, 2.45) is 0 Å². The third kappa shape index (κ3) is 2.05. The summed E-state index contributed by atoms with van der Waals surface area (Å²) in [6.07, 6.45) is 4.25. The second-order valence-electron chi connectivity index (χ2n) is 5.13. The van der Waals surface area contributed by atoms with Crippen molar-refractivity contribution in [1.29, 1.82) is 0 Å². The Labute approximate surface area is 92.7 Å². The van der Waals surface area contributed by atoms with Gasteiger partial charge in [0.2, 0.25) is 0 Å². The van der Waals surface area contributed by atoms with Crippen LogP contribution >= 0.6 is 0 Å². The molecule has 2 fully saturated rings. The standard InChI is InChI=1S/C12H23NO2/c1-10(2)15-11-9-14-8-6-12(11)5-4-7-13(12)3/h10-11H,4-9H2,1-3H3. The third-order valence-electron chi connectivity index (χ3n) is 3.85. The topological polar surface area (TPSA) is 21.7 Å². The van der Waals surface area contributed by atoms with E-state index in [0.717, 1.165) is 19.6 Å². The normalized spacial score (nSPS) is 38.0. The third-order valence-corrected chi connectivity index (χ3v) is 3.85. The van der Waals surface area contributed by atoms with E-state index in [1.54, 1.807) is 0 Å². The van der Waals surface area contributed by atoms with Crippen molar-refractivity contribution >= 4 is 0 Å². The molecule has 2 aliphatic rings. The molecule has 0 aliphatic carbocycles. The van der Waals surface area contributed by atoms with Crippen molar-refractivity contribution in [3.8, 4) is 0 Å². The molecule has 0 bridgehead atoms. The van der Waals surface area contributed by atoms with Crippen LogP contribution in [0.3, 0.4) is 0 Å². The zero-order chi connectivity index (χ0) is 10.9. The van der Waals surface area contributed by atoms with Crippen LogP contribution < -0.4 is 0 Å². The van der Waals surface area contributed by atoms with Gasteiger partial charge in [-0.2, -0.15) is 0 Å². The van der Waals surface area contributed by atoms with E-state index in [2.05, 4.69) is 25.8 Å². The number of ether oxygens (including phenoxy) is 2. The first-order chi connectivity index (χ1) is 7.15. The minimum Gasteiger partial charge on any atom is -0.379 e. The molecule has 0 aromatic rings. The lowest BCUT2D eigenvalue weighted by molar-refractivity contribution is -0.147. The van der Waals surface area contributed by atoms with E-state index in [1.807, 2.05) is 0 Å². The van der Waals surface area contributed by atoms with Crippen molar-refractivity contribution in [3.63, 3.8) is 0 Å². The second kappa shape index (κ2) is 4.40. The average molecular weight is 213 g/mol. The van der Waals surface area contributed by atoms with Crippen molar-refractivity contribution in [1.82, 2.24) is 4.90 Å². The number of rotatable bonds is 2. The van der Waals surface area contributed by atoms with Crippen molar-refractivity contribution in [2.75, 3.05) is 26.8 Å². The number of likely N-dealkylation sites (tertiary alicyclic amines) is 1. The maximum Gasteiger partial charge on any atom is 0.0995 e. The maximum absolute atomic E-state index is 6.03. The lowest BCUT2D eigenvalue weighted by atomic mass is 9.84. The van der Waals surface area contributed by atoms with E-state index in [0.29, 0.717) is 6.10 Å². The van der Waals surface area contributed by atoms with E-state index in [1.165, 1.54) is 19.4 Å². The molecule has 88 valence electrons. The Morgan fingerprint density at radius 1 is 1.40 bits per heavy atom. The fourth-order valence-corrected chi connectivity index (χ4v) is 3.01. The van der Waals surface area contributed by atoms with Gasteiger partial charge >= 0.3 is 0 Å². The monoisotopic (exact) mass is 213 g/mol. The lowest BCUT2D eigenvalue weighted by Gasteiger charge is -2.46. The van der Waals surface area contributed by atoms with Gasteiger partial charge in [-0.05, 0) is 46.7 Å². The van der Waals surface area contributed by atoms with E-state index < -0.39 is 0 Å². The molecule has 0 N–H and O–H groups in total. The summed E-state index contributed by atoms with van der Waals surface area (Å²) in [6.45, 7) is 7.08. The first kappa shape index (κ1) is 11.4. The largest absolute Gasteiger partial charge is 0.379 e. The minimum absolute atomic E-state index is 0.263. The molecular weight excluding hydrogens is 190 g/mol. The summed E-state index contributed by atoms with van der Waals surface area (Å²) in [4.78, 5) is 2.49. The van der Waals surface area contributed by atoms with Gasteiger partial charge in [0.1, 0.15) is 0 Å². The number of likely N-dealkylation sites (N-methyl/N-ethyl adjacent to an activating group) is 1. The van der Waals surface area contributed by atoms with Crippen LogP contribution in [0.15, 0.2) is 0 Å². The highest BCUT2D eigenvalue weighted by Crippen LogP contribution is 2.38.